The molecule has 4 unspecified atom stereocenters. The molecule has 0 spiro atoms. The summed E-state index contributed by atoms with van der Waals surface area (Å²) in [6.45, 7) is 26.8. The predicted octanol–water partition coefficient (Wildman–Crippen LogP) is 11.8. The van der Waals surface area contributed by atoms with Gasteiger partial charge in [0.2, 0.25) is 18.6 Å². The second kappa shape index (κ2) is 47.4. The Morgan fingerprint density at radius 3 is 1.38 bits per heavy atom. The molecule has 11 rings (SSSR count). The monoisotopic (exact) mass is 1620 g/mol. The molecule has 0 radical (unpaired) electrons. The number of nitrogen functional groups attached to an aromatic ring is 1. The second-order valence-corrected chi connectivity index (χ2v) is 30.1. The lowest BCUT2D eigenvalue weighted by atomic mass is 10.1. The molecule has 4 fully saturated rings. The number of imidazole rings is 1. The lowest BCUT2D eigenvalue weighted by Gasteiger charge is -2.34. The highest BCUT2D eigenvalue weighted by Crippen LogP contribution is 2.29. The molecule has 4 aliphatic rings. The van der Waals surface area contributed by atoms with Crippen LogP contribution in [0.4, 0.5) is 60.8 Å². The number of rotatable bonds is 10. The van der Waals surface area contributed by atoms with Gasteiger partial charge in [-0.25, -0.2) is 32.9 Å². The van der Waals surface area contributed by atoms with Gasteiger partial charge in [-0.2, -0.15) is 18.6 Å². The molecule has 0 aromatic carbocycles. The van der Waals surface area contributed by atoms with E-state index in [9.17, 15) is 68.2 Å². The molecule has 6 N–H and O–H groups in total. The van der Waals surface area contributed by atoms with Crippen LogP contribution < -0.4 is 36.3 Å². The molecule has 36 nitrogen and oxygen atoms in total. The SMILES string of the molecule is C.CC(C)(C)OC(=O)N1CCCC(N)C1.CC(C)(C)OC(=O)N1CCCC(Nc2c[n+]([O-])ccc2[N+](=O)[O-])C1.CC(C)(C)OC(=O)N1CCCC(Nc2cnccc2N)C1.CC(C)(C)OC(=O)N1CCCC(n2cnc3ccncc32)C1.COC(OC)OC.Fc1cccnc1.O=[N+]([O-])c1cc[n+]([O-])cc1F.[O-][n+]1cccc(F)c1. The van der Waals surface area contributed by atoms with Gasteiger partial charge < -0.3 is 95.0 Å². The first-order valence-electron chi connectivity index (χ1n) is 36.5. The van der Waals surface area contributed by atoms with Crippen molar-refractivity contribution < 1.29 is 89.5 Å². The van der Waals surface area contributed by atoms with Gasteiger partial charge in [-0.15, -0.1) is 0 Å². The molecule has 39 heteroatoms. The molecule has 0 bridgehead atoms. The number of ether oxygens (including phenoxy) is 7. The van der Waals surface area contributed by atoms with Crippen molar-refractivity contribution in [2.45, 2.75) is 195 Å². The molecule has 11 heterocycles. The number of fused-ring (bicyclic) bond motifs is 1. The number of nitrogens with two attached hydrogens (primary N) is 2. The fourth-order valence-corrected chi connectivity index (χ4v) is 10.9. The summed E-state index contributed by atoms with van der Waals surface area (Å²) in [6.07, 6.45) is 23.4. The summed E-state index contributed by atoms with van der Waals surface area (Å²) in [4.78, 5) is 90.7. The molecule has 4 saturated heterocycles. The van der Waals surface area contributed by atoms with E-state index in [1.807, 2.05) is 80.9 Å². The van der Waals surface area contributed by atoms with Crippen LogP contribution in [0.5, 0.6) is 0 Å². The number of nitrogens with zero attached hydrogens (tertiary/aromatic N) is 14. The Hall–Kier alpha value is -11.3. The van der Waals surface area contributed by atoms with E-state index in [1.54, 1.807) is 71.1 Å². The van der Waals surface area contributed by atoms with E-state index in [2.05, 4.69) is 49.3 Å². The van der Waals surface area contributed by atoms with Gasteiger partial charge in [0.1, 0.15) is 28.2 Å². The van der Waals surface area contributed by atoms with E-state index >= 15 is 0 Å². The Bertz CT molecular complexity index is 4110. The minimum Gasteiger partial charge on any atom is -0.619 e. The summed E-state index contributed by atoms with van der Waals surface area (Å²) < 4.78 is 74.7. The summed E-state index contributed by atoms with van der Waals surface area (Å²) in [7, 11) is 4.53. The summed E-state index contributed by atoms with van der Waals surface area (Å²) in [5.74, 6) is -1.93. The molecule has 4 amide bonds. The number of aromatic nitrogens is 8. The van der Waals surface area contributed by atoms with Crippen molar-refractivity contribution in [1.82, 2.24) is 44.1 Å². The maximum atomic E-state index is 12.4. The lowest BCUT2D eigenvalue weighted by molar-refractivity contribution is -0.608. The number of methoxy groups -OCH3 is 3. The van der Waals surface area contributed by atoms with E-state index in [-0.39, 0.29) is 71.8 Å². The Morgan fingerprint density at radius 2 is 0.965 bits per heavy atom. The summed E-state index contributed by atoms with van der Waals surface area (Å²) >= 11 is 0. The van der Waals surface area contributed by atoms with Gasteiger partial charge in [-0.1, -0.05) is 7.43 Å². The second-order valence-electron chi connectivity index (χ2n) is 30.1. The third-order valence-corrected chi connectivity index (χ3v) is 15.8. The van der Waals surface area contributed by atoms with E-state index in [0.29, 0.717) is 54.1 Å². The zero-order chi connectivity index (χ0) is 85.1. The minimum absolute atomic E-state index is 0. The Balaban J connectivity index is 0.000000353. The standard InChI is InChI=1S/C16H22N4O2.C15H22N4O5.C15H24N4O2.C10H20N2O2.C5H3FN2O3.C5H4FNO.C5H4FN.C4H10O3.CH4/c1-16(2,3)22-15(21)19-8-4-5-12(10-19)20-11-18-13-6-7-17-9-14(13)20;1-15(2,3)24-14(20)17-7-4-5-11(9-17)16-12-10-18(21)8-6-13(12)19(22)23;1-15(2,3)21-14(20)19-8-4-5-11(10-19)18-13-9-17-7-6-12(13)16;1-10(2,3)14-9(13)12-6-4-5-8(11)7-12;6-4-3-7(9)2-1-5(4)8(10)11;6-5-2-1-3-7(8)4-5;6-5-2-1-3-7-4-5;1-5-4(6-2)7-3;/h6-7,9,11-12H,4-5,8,10H2,1-3H3;6,8,10-11,16H,4-5,7,9H2,1-3H3;6-7,9,11,18H,4-5,8,10H2,1-3H3,(H2,16,17);8H,4-7,11H2,1-3H3;1-3H;1-4H;1-4H;4H,1-3H3;1H4. The number of piperidine rings is 4. The van der Waals surface area contributed by atoms with Gasteiger partial charge in [0, 0.05) is 116 Å². The van der Waals surface area contributed by atoms with Crippen LogP contribution in [0.3, 0.4) is 0 Å². The largest absolute Gasteiger partial charge is 0.619 e. The van der Waals surface area contributed by atoms with Gasteiger partial charge in [0.25, 0.3) is 12.3 Å². The van der Waals surface area contributed by atoms with Gasteiger partial charge in [0.15, 0.2) is 30.1 Å². The average Bonchev–Trinajstić information content (AvgIpc) is 1.69. The molecular weight excluding hydrogens is 1510 g/mol. The minimum atomic E-state index is -1.13. The normalized spacial score (nSPS) is 16.6. The van der Waals surface area contributed by atoms with Gasteiger partial charge in [-0.3, -0.25) is 35.2 Å². The number of pyridine rings is 6. The lowest BCUT2D eigenvalue weighted by Crippen LogP contribution is -2.47. The van der Waals surface area contributed by atoms with E-state index in [1.165, 1.54) is 58.1 Å². The van der Waals surface area contributed by atoms with Gasteiger partial charge >= 0.3 is 35.7 Å². The number of nitro groups is 2. The third kappa shape index (κ3) is 37.9. The first-order chi connectivity index (χ1) is 53.5. The molecule has 4 atom stereocenters. The quantitative estimate of drug-likeness (QED) is 0.0247. The highest BCUT2D eigenvalue weighted by atomic mass is 19.1. The Labute approximate surface area is 668 Å². The molecular formula is C76H113F3N18O18. The molecule has 115 heavy (non-hydrogen) atoms. The molecule has 636 valence electrons. The van der Waals surface area contributed by atoms with E-state index in [4.69, 9.17) is 30.4 Å². The van der Waals surface area contributed by atoms with Crippen molar-refractivity contribution in [3.05, 3.63) is 183 Å². The summed E-state index contributed by atoms with van der Waals surface area (Å²) in [5.41, 5.74) is 12.5. The molecule has 7 aromatic heterocycles. The van der Waals surface area contributed by atoms with Crippen LogP contribution in [-0.4, -0.2) is 199 Å². The van der Waals surface area contributed by atoms with E-state index in [0.717, 1.165) is 125 Å². The number of hydrogen-bond acceptors (Lipinski definition) is 26. The van der Waals surface area contributed by atoms with Crippen LogP contribution in [0.2, 0.25) is 0 Å². The van der Waals surface area contributed by atoms with Gasteiger partial charge in [-0.05, 0) is 165 Å². The van der Waals surface area contributed by atoms with Crippen molar-refractivity contribution in [3.8, 4) is 0 Å². The summed E-state index contributed by atoms with van der Waals surface area (Å²) in [5, 5.41) is 59.3. The van der Waals surface area contributed by atoms with Crippen LogP contribution in [0.25, 0.3) is 11.0 Å². The number of likely N-dealkylation sites (tertiary alicyclic amines) is 4. The summed E-state index contributed by atoms with van der Waals surface area (Å²) in [6, 6.07) is 11.4. The number of carbonyl (C=O) groups is 4. The molecule has 4 aliphatic heterocycles. The predicted molar refractivity (Wildman–Crippen MR) is 421 cm³/mol. The van der Waals surface area contributed by atoms with Crippen molar-refractivity contribution in [2.75, 3.05) is 90.1 Å². The van der Waals surface area contributed by atoms with Crippen molar-refractivity contribution in [2.24, 2.45) is 5.73 Å². The topological polar surface area (TPSA) is 446 Å². The first-order valence-corrected chi connectivity index (χ1v) is 36.5. The van der Waals surface area contributed by atoms with Crippen LogP contribution in [-0.2, 0) is 33.2 Å². The maximum Gasteiger partial charge on any atom is 0.410 e. The van der Waals surface area contributed by atoms with Crippen molar-refractivity contribution >= 4 is 63.8 Å². The Morgan fingerprint density at radius 1 is 0.530 bits per heavy atom. The third-order valence-electron chi connectivity index (χ3n) is 15.8. The molecule has 7 aromatic rings. The number of carbonyl (C=O) groups excluding carboxylic acids is 4. The Kier molecular flexibility index (Phi) is 40.3. The van der Waals surface area contributed by atoms with Gasteiger partial charge in [0.05, 0.1) is 75.3 Å². The van der Waals surface area contributed by atoms with Crippen LogP contribution in [0, 0.1) is 53.3 Å². The zero-order valence-electron chi connectivity index (χ0n) is 67.2. The number of nitrogens with one attached hydrogen (secondary N) is 2. The first kappa shape index (κ1) is 97.9. The number of amides is 4. The highest BCUT2D eigenvalue weighted by molar-refractivity contribution is 5.74. The molecule has 0 aliphatic carbocycles. The average molecular weight is 1620 g/mol. The number of halogens is 3. The van der Waals surface area contributed by atoms with Crippen molar-refractivity contribution in [3.63, 3.8) is 0 Å². The fourth-order valence-electron chi connectivity index (χ4n) is 10.9. The highest BCUT2D eigenvalue weighted by Gasteiger charge is 2.33. The number of anilines is 3. The van der Waals surface area contributed by atoms with Crippen LogP contribution >= 0.6 is 0 Å². The zero-order valence-corrected chi connectivity index (χ0v) is 67.2. The fraction of sp³-hybridized carbons (Fsp3) is 0.539. The van der Waals surface area contributed by atoms with Crippen LogP contribution in [0.15, 0.2) is 129 Å². The van der Waals surface area contributed by atoms with Crippen LogP contribution in [0.1, 0.15) is 148 Å². The number of hydrogen-bond donors (Lipinski definition) is 4. The smallest absolute Gasteiger partial charge is 0.410 e. The molecule has 0 saturated carbocycles. The maximum absolute atomic E-state index is 12.4. The van der Waals surface area contributed by atoms with E-state index < -0.39 is 62.1 Å². The van der Waals surface area contributed by atoms with Crippen molar-refractivity contribution in [1.29, 1.82) is 0 Å².